The smallest absolute Gasteiger partial charge is 0.244 e. The standard InChI is InChI=1S/C23H30N2O4S/c1-28-22-14-18-6-2-3-7-19(18)15-23(22)30(26,27)24-16-20-8-4-5-9-21(20)17-25-10-12-29-13-11-25/h4-5,8-9,14-15,24H,2-3,6-7,10-13,16-17H2,1H3. The fourth-order valence-electron chi connectivity index (χ4n) is 4.24. The van der Waals surface area contributed by atoms with E-state index in [-0.39, 0.29) is 11.4 Å². The first-order chi connectivity index (χ1) is 14.6. The van der Waals surface area contributed by atoms with Gasteiger partial charge in [-0.1, -0.05) is 24.3 Å². The minimum atomic E-state index is -3.69. The van der Waals surface area contributed by atoms with Gasteiger partial charge in [0.2, 0.25) is 10.0 Å². The average molecular weight is 431 g/mol. The second-order valence-electron chi connectivity index (χ2n) is 7.96. The number of rotatable bonds is 7. The van der Waals surface area contributed by atoms with Crippen LogP contribution in [-0.2, 0) is 40.7 Å². The zero-order valence-electron chi connectivity index (χ0n) is 17.5. The lowest BCUT2D eigenvalue weighted by molar-refractivity contribution is 0.0341. The van der Waals surface area contributed by atoms with Gasteiger partial charge in [-0.05, 0) is 60.1 Å². The van der Waals surface area contributed by atoms with Gasteiger partial charge < -0.3 is 9.47 Å². The molecule has 2 aromatic carbocycles. The average Bonchev–Trinajstić information content (AvgIpc) is 2.78. The predicted octanol–water partition coefficient (Wildman–Crippen LogP) is 2.88. The van der Waals surface area contributed by atoms with Gasteiger partial charge in [-0.15, -0.1) is 0 Å². The molecule has 0 atom stereocenters. The molecule has 162 valence electrons. The Bertz CT molecular complexity index is 985. The van der Waals surface area contributed by atoms with Gasteiger partial charge in [-0.2, -0.15) is 0 Å². The zero-order valence-corrected chi connectivity index (χ0v) is 18.3. The molecule has 0 amide bonds. The molecular formula is C23H30N2O4S. The van der Waals surface area contributed by atoms with Crippen molar-refractivity contribution in [3.8, 4) is 5.75 Å². The molecule has 0 radical (unpaired) electrons. The van der Waals surface area contributed by atoms with Crippen LogP contribution in [0.1, 0.15) is 35.1 Å². The lowest BCUT2D eigenvalue weighted by atomic mass is 9.92. The van der Waals surface area contributed by atoms with E-state index in [0.717, 1.165) is 75.2 Å². The molecule has 1 aliphatic heterocycles. The highest BCUT2D eigenvalue weighted by Crippen LogP contribution is 2.32. The summed E-state index contributed by atoms with van der Waals surface area (Å²) in [7, 11) is -2.16. The van der Waals surface area contributed by atoms with Gasteiger partial charge >= 0.3 is 0 Å². The van der Waals surface area contributed by atoms with Gasteiger partial charge in [0.25, 0.3) is 0 Å². The second-order valence-corrected chi connectivity index (χ2v) is 9.70. The van der Waals surface area contributed by atoms with Crippen molar-refractivity contribution in [1.29, 1.82) is 0 Å². The third kappa shape index (κ3) is 4.86. The Kier molecular flexibility index (Phi) is 6.73. The van der Waals surface area contributed by atoms with E-state index in [1.54, 1.807) is 6.07 Å². The molecule has 0 spiro atoms. The summed E-state index contributed by atoms with van der Waals surface area (Å²) in [5.41, 5.74) is 4.45. The molecule has 1 heterocycles. The molecule has 1 saturated heterocycles. The van der Waals surface area contributed by atoms with Crippen molar-refractivity contribution in [2.75, 3.05) is 33.4 Å². The van der Waals surface area contributed by atoms with E-state index < -0.39 is 10.0 Å². The zero-order chi connectivity index (χ0) is 21.0. The molecule has 0 unspecified atom stereocenters. The predicted molar refractivity (Wildman–Crippen MR) is 116 cm³/mol. The first-order valence-corrected chi connectivity index (χ1v) is 12.1. The van der Waals surface area contributed by atoms with E-state index in [0.29, 0.717) is 5.75 Å². The second kappa shape index (κ2) is 9.47. The quantitative estimate of drug-likeness (QED) is 0.732. The number of hydrogen-bond donors (Lipinski definition) is 1. The number of nitrogens with one attached hydrogen (secondary N) is 1. The van der Waals surface area contributed by atoms with Gasteiger partial charge in [-0.3, -0.25) is 4.90 Å². The van der Waals surface area contributed by atoms with E-state index in [2.05, 4.69) is 15.7 Å². The molecule has 4 rings (SSSR count). The van der Waals surface area contributed by atoms with Crippen LogP contribution < -0.4 is 9.46 Å². The molecule has 0 aromatic heterocycles. The lowest BCUT2D eigenvalue weighted by Crippen LogP contribution is -2.36. The van der Waals surface area contributed by atoms with Crippen LogP contribution in [-0.4, -0.2) is 46.7 Å². The number of hydrogen-bond acceptors (Lipinski definition) is 5. The lowest BCUT2D eigenvalue weighted by Gasteiger charge is -2.27. The SMILES string of the molecule is COc1cc2c(cc1S(=O)(=O)NCc1ccccc1CN1CCOCC1)CCCC2. The number of fused-ring (bicyclic) bond motifs is 1. The van der Waals surface area contributed by atoms with Crippen molar-refractivity contribution in [2.45, 2.75) is 43.7 Å². The molecule has 6 nitrogen and oxygen atoms in total. The Balaban J connectivity index is 1.52. The number of sulfonamides is 1. The van der Waals surface area contributed by atoms with E-state index in [1.165, 1.54) is 12.7 Å². The van der Waals surface area contributed by atoms with Crippen LogP contribution in [0.4, 0.5) is 0 Å². The maximum atomic E-state index is 13.2. The van der Waals surface area contributed by atoms with Crippen molar-refractivity contribution >= 4 is 10.0 Å². The molecule has 2 aromatic rings. The van der Waals surface area contributed by atoms with Crippen LogP contribution >= 0.6 is 0 Å². The monoisotopic (exact) mass is 430 g/mol. The Morgan fingerprint density at radius 1 is 1.03 bits per heavy atom. The maximum absolute atomic E-state index is 13.2. The molecule has 0 bridgehead atoms. The number of benzene rings is 2. The van der Waals surface area contributed by atoms with Crippen molar-refractivity contribution < 1.29 is 17.9 Å². The van der Waals surface area contributed by atoms with Gasteiger partial charge in [0.15, 0.2) is 0 Å². The highest BCUT2D eigenvalue weighted by atomic mass is 32.2. The van der Waals surface area contributed by atoms with E-state index >= 15 is 0 Å². The van der Waals surface area contributed by atoms with Crippen molar-refractivity contribution in [2.24, 2.45) is 0 Å². The van der Waals surface area contributed by atoms with Gasteiger partial charge in [-0.25, -0.2) is 13.1 Å². The molecule has 1 N–H and O–H groups in total. The Morgan fingerprint density at radius 3 is 2.40 bits per heavy atom. The van der Waals surface area contributed by atoms with E-state index in [4.69, 9.17) is 9.47 Å². The first-order valence-electron chi connectivity index (χ1n) is 10.6. The summed E-state index contributed by atoms with van der Waals surface area (Å²) < 4.78 is 40.0. The molecule has 7 heteroatoms. The molecule has 30 heavy (non-hydrogen) atoms. The number of nitrogens with zero attached hydrogens (tertiary/aromatic N) is 1. The molecule has 2 aliphatic rings. The Hall–Kier alpha value is -1.93. The third-order valence-electron chi connectivity index (χ3n) is 5.99. The molecular weight excluding hydrogens is 400 g/mol. The topological polar surface area (TPSA) is 67.9 Å². The van der Waals surface area contributed by atoms with Crippen LogP contribution in [0, 0.1) is 0 Å². The van der Waals surface area contributed by atoms with Crippen molar-refractivity contribution in [3.63, 3.8) is 0 Å². The van der Waals surface area contributed by atoms with Crippen LogP contribution in [0.5, 0.6) is 5.75 Å². The van der Waals surface area contributed by atoms with Crippen LogP contribution in [0.3, 0.4) is 0 Å². The Labute approximate surface area is 179 Å². The molecule has 1 fully saturated rings. The number of morpholine rings is 1. The van der Waals surface area contributed by atoms with E-state index in [1.807, 2.05) is 24.3 Å². The highest BCUT2D eigenvalue weighted by Gasteiger charge is 2.23. The fourth-order valence-corrected chi connectivity index (χ4v) is 5.45. The highest BCUT2D eigenvalue weighted by molar-refractivity contribution is 7.89. The molecule has 1 aliphatic carbocycles. The summed E-state index contributed by atoms with van der Waals surface area (Å²) in [4.78, 5) is 2.57. The normalized spacial score (nSPS) is 17.5. The fraction of sp³-hybridized carbons (Fsp3) is 0.478. The van der Waals surface area contributed by atoms with Gasteiger partial charge in [0, 0.05) is 26.2 Å². The van der Waals surface area contributed by atoms with Gasteiger partial charge in [0.05, 0.1) is 20.3 Å². The molecule has 0 saturated carbocycles. The van der Waals surface area contributed by atoms with Crippen molar-refractivity contribution in [3.05, 3.63) is 58.7 Å². The summed E-state index contributed by atoms with van der Waals surface area (Å²) in [6.07, 6.45) is 4.14. The summed E-state index contributed by atoms with van der Waals surface area (Å²) in [6, 6.07) is 11.7. The van der Waals surface area contributed by atoms with Gasteiger partial charge in [0.1, 0.15) is 10.6 Å². The largest absolute Gasteiger partial charge is 0.495 e. The van der Waals surface area contributed by atoms with Crippen molar-refractivity contribution in [1.82, 2.24) is 9.62 Å². The number of aryl methyl sites for hydroxylation is 2. The summed E-state index contributed by atoms with van der Waals surface area (Å²) in [6.45, 7) is 4.32. The Morgan fingerprint density at radius 2 is 1.70 bits per heavy atom. The van der Waals surface area contributed by atoms with Crippen LogP contribution in [0.2, 0.25) is 0 Å². The first kappa shape index (κ1) is 21.3. The summed E-state index contributed by atoms with van der Waals surface area (Å²) in [5.74, 6) is 0.421. The minimum absolute atomic E-state index is 0.233. The van der Waals surface area contributed by atoms with Crippen LogP contribution in [0.15, 0.2) is 41.3 Å². The summed E-state index contributed by atoms with van der Waals surface area (Å²) >= 11 is 0. The number of methoxy groups -OCH3 is 1. The minimum Gasteiger partial charge on any atom is -0.495 e. The van der Waals surface area contributed by atoms with E-state index in [9.17, 15) is 8.42 Å². The maximum Gasteiger partial charge on any atom is 0.244 e. The van der Waals surface area contributed by atoms with Crippen LogP contribution in [0.25, 0.3) is 0 Å². The number of ether oxygens (including phenoxy) is 2. The third-order valence-corrected chi connectivity index (χ3v) is 7.41. The summed E-state index contributed by atoms with van der Waals surface area (Å²) in [5, 5.41) is 0.